The first-order chi connectivity index (χ1) is 14.5. The molecule has 1 N–H and O–H groups in total. The molecule has 1 heterocycles. The second-order valence-electron chi connectivity index (χ2n) is 9.14. The molecular weight excluding hydrogens is 394 g/mol. The standard InChI is InChI=1S/C25H33NO5/c1-23(2,19-10-8-7-9-11-19)17-24(3)25(4,28)26(22(27)31-24)15-14-18-12-13-20(29-5)21(16-18)30-6/h7-13,16,28H,14-15,17H2,1-6H3/t24-,25+/m0/s1. The Hall–Kier alpha value is -2.73. The molecule has 0 aliphatic carbocycles. The van der Waals surface area contributed by atoms with E-state index in [1.165, 1.54) is 4.90 Å². The van der Waals surface area contributed by atoms with E-state index in [2.05, 4.69) is 26.0 Å². The maximum Gasteiger partial charge on any atom is 0.412 e. The summed E-state index contributed by atoms with van der Waals surface area (Å²) >= 11 is 0. The number of ether oxygens (including phenoxy) is 3. The van der Waals surface area contributed by atoms with E-state index in [9.17, 15) is 9.90 Å². The first kappa shape index (κ1) is 22.9. The Bertz CT molecular complexity index is 925. The topological polar surface area (TPSA) is 68.2 Å². The lowest BCUT2D eigenvalue weighted by Crippen LogP contribution is -2.57. The molecule has 6 heteroatoms. The number of carbonyl (C=O) groups excluding carboxylic acids is 1. The Morgan fingerprint density at radius 3 is 2.29 bits per heavy atom. The number of hydrogen-bond donors (Lipinski definition) is 1. The van der Waals surface area contributed by atoms with Gasteiger partial charge in [-0.3, -0.25) is 4.90 Å². The summed E-state index contributed by atoms with van der Waals surface area (Å²) in [5, 5.41) is 11.5. The number of benzene rings is 2. The van der Waals surface area contributed by atoms with Gasteiger partial charge in [-0.15, -0.1) is 0 Å². The van der Waals surface area contributed by atoms with Crippen LogP contribution in [-0.2, 0) is 16.6 Å². The molecule has 0 saturated carbocycles. The van der Waals surface area contributed by atoms with Gasteiger partial charge in [-0.1, -0.05) is 50.2 Å². The van der Waals surface area contributed by atoms with Crippen molar-refractivity contribution >= 4 is 6.09 Å². The van der Waals surface area contributed by atoms with E-state index in [0.29, 0.717) is 30.9 Å². The van der Waals surface area contributed by atoms with Crippen LogP contribution in [0, 0.1) is 0 Å². The molecule has 1 aliphatic heterocycles. The summed E-state index contributed by atoms with van der Waals surface area (Å²) in [5.74, 6) is 1.28. The molecule has 0 radical (unpaired) electrons. The molecule has 1 amide bonds. The highest BCUT2D eigenvalue weighted by Gasteiger charge is 2.60. The van der Waals surface area contributed by atoms with Crippen molar-refractivity contribution in [1.29, 1.82) is 0 Å². The smallest absolute Gasteiger partial charge is 0.412 e. The van der Waals surface area contributed by atoms with Crippen LogP contribution in [-0.4, -0.2) is 48.2 Å². The predicted octanol–water partition coefficient (Wildman–Crippen LogP) is 4.53. The Morgan fingerprint density at radius 1 is 1.03 bits per heavy atom. The Balaban J connectivity index is 1.77. The molecule has 6 nitrogen and oxygen atoms in total. The zero-order valence-electron chi connectivity index (χ0n) is 19.3. The normalized spacial score (nSPS) is 23.6. The summed E-state index contributed by atoms with van der Waals surface area (Å²) in [6.07, 6.45) is 0.524. The fourth-order valence-electron chi connectivity index (χ4n) is 4.43. The molecule has 1 aliphatic rings. The van der Waals surface area contributed by atoms with E-state index >= 15 is 0 Å². The highest BCUT2D eigenvalue weighted by molar-refractivity contribution is 5.72. The first-order valence-electron chi connectivity index (χ1n) is 10.5. The van der Waals surface area contributed by atoms with Crippen LogP contribution in [0.25, 0.3) is 0 Å². The SMILES string of the molecule is COc1ccc(CCN2C(=O)O[C@@](C)(CC(C)(C)c3ccccc3)[C@@]2(C)O)cc1OC. The van der Waals surface area contributed by atoms with Gasteiger partial charge in [0.25, 0.3) is 0 Å². The molecule has 0 unspecified atom stereocenters. The Kier molecular flexibility index (Phi) is 6.23. The molecule has 168 valence electrons. The number of rotatable bonds is 8. The van der Waals surface area contributed by atoms with Gasteiger partial charge >= 0.3 is 6.09 Å². The maximum absolute atomic E-state index is 12.8. The molecule has 0 bridgehead atoms. The largest absolute Gasteiger partial charge is 0.493 e. The molecule has 2 aromatic rings. The number of hydrogen-bond acceptors (Lipinski definition) is 5. The fourth-order valence-corrected chi connectivity index (χ4v) is 4.43. The van der Waals surface area contributed by atoms with Crippen molar-refractivity contribution in [3.8, 4) is 11.5 Å². The molecule has 1 fully saturated rings. The Labute approximate surface area is 184 Å². The van der Waals surface area contributed by atoms with Crippen molar-refractivity contribution < 1.29 is 24.1 Å². The van der Waals surface area contributed by atoms with Gasteiger partial charge in [0.1, 0.15) is 0 Å². The van der Waals surface area contributed by atoms with Crippen molar-refractivity contribution in [2.45, 2.75) is 57.3 Å². The molecule has 0 spiro atoms. The van der Waals surface area contributed by atoms with E-state index < -0.39 is 17.4 Å². The van der Waals surface area contributed by atoms with Crippen molar-refractivity contribution in [2.24, 2.45) is 0 Å². The van der Waals surface area contributed by atoms with Gasteiger partial charge in [0.2, 0.25) is 0 Å². The third-order valence-corrected chi connectivity index (χ3v) is 6.47. The molecule has 1 saturated heterocycles. The van der Waals surface area contributed by atoms with Gasteiger partial charge in [0.15, 0.2) is 22.8 Å². The minimum absolute atomic E-state index is 0.292. The summed E-state index contributed by atoms with van der Waals surface area (Å²) in [6, 6.07) is 15.7. The van der Waals surface area contributed by atoms with Gasteiger partial charge in [0.05, 0.1) is 14.2 Å². The summed E-state index contributed by atoms with van der Waals surface area (Å²) < 4.78 is 16.4. The zero-order valence-corrected chi connectivity index (χ0v) is 19.3. The summed E-state index contributed by atoms with van der Waals surface area (Å²) in [7, 11) is 3.18. The number of amides is 1. The monoisotopic (exact) mass is 427 g/mol. The van der Waals surface area contributed by atoms with Gasteiger partial charge < -0.3 is 19.3 Å². The molecule has 0 aromatic heterocycles. The van der Waals surface area contributed by atoms with Gasteiger partial charge in [0, 0.05) is 13.0 Å². The second-order valence-corrected chi connectivity index (χ2v) is 9.14. The molecule has 2 aromatic carbocycles. The number of methoxy groups -OCH3 is 2. The lowest BCUT2D eigenvalue weighted by molar-refractivity contribution is -0.145. The number of cyclic esters (lactones) is 1. The predicted molar refractivity (Wildman–Crippen MR) is 120 cm³/mol. The molecule has 2 atom stereocenters. The Morgan fingerprint density at radius 2 is 1.68 bits per heavy atom. The quantitative estimate of drug-likeness (QED) is 0.670. The summed E-state index contributed by atoms with van der Waals surface area (Å²) in [4.78, 5) is 14.2. The van der Waals surface area contributed by atoms with E-state index in [4.69, 9.17) is 14.2 Å². The van der Waals surface area contributed by atoms with Gasteiger partial charge in [-0.05, 0) is 48.9 Å². The van der Waals surface area contributed by atoms with Gasteiger partial charge in [-0.25, -0.2) is 4.79 Å². The number of aliphatic hydroxyl groups is 1. The zero-order chi connectivity index (χ0) is 22.9. The minimum Gasteiger partial charge on any atom is -0.493 e. The minimum atomic E-state index is -1.45. The third kappa shape index (κ3) is 4.35. The van der Waals surface area contributed by atoms with Crippen LogP contribution in [0.4, 0.5) is 4.79 Å². The lowest BCUT2D eigenvalue weighted by atomic mass is 9.72. The highest BCUT2D eigenvalue weighted by atomic mass is 16.6. The lowest BCUT2D eigenvalue weighted by Gasteiger charge is -2.42. The van der Waals surface area contributed by atoms with Gasteiger partial charge in [-0.2, -0.15) is 0 Å². The van der Waals surface area contributed by atoms with Crippen LogP contribution < -0.4 is 9.47 Å². The van der Waals surface area contributed by atoms with Crippen molar-refractivity contribution in [3.05, 3.63) is 59.7 Å². The van der Waals surface area contributed by atoms with Crippen molar-refractivity contribution in [1.82, 2.24) is 4.90 Å². The van der Waals surface area contributed by atoms with Crippen LogP contribution in [0.1, 0.15) is 45.2 Å². The van der Waals surface area contributed by atoms with Crippen LogP contribution in [0.5, 0.6) is 11.5 Å². The average Bonchev–Trinajstić information content (AvgIpc) is 2.89. The number of nitrogens with zero attached hydrogens (tertiary/aromatic N) is 1. The van der Waals surface area contributed by atoms with Crippen molar-refractivity contribution in [3.63, 3.8) is 0 Å². The molecule has 31 heavy (non-hydrogen) atoms. The van der Waals surface area contributed by atoms with E-state index in [1.807, 2.05) is 43.3 Å². The van der Waals surface area contributed by atoms with Crippen LogP contribution in [0.15, 0.2) is 48.5 Å². The first-order valence-corrected chi connectivity index (χ1v) is 10.5. The van der Waals surface area contributed by atoms with Crippen molar-refractivity contribution in [2.75, 3.05) is 20.8 Å². The summed E-state index contributed by atoms with van der Waals surface area (Å²) in [6.45, 7) is 8.00. The average molecular weight is 428 g/mol. The van der Waals surface area contributed by atoms with Crippen LogP contribution >= 0.6 is 0 Å². The van der Waals surface area contributed by atoms with E-state index in [0.717, 1.165) is 11.1 Å². The molecule has 3 rings (SSSR count). The maximum atomic E-state index is 12.8. The third-order valence-electron chi connectivity index (χ3n) is 6.47. The second kappa shape index (κ2) is 8.42. The summed E-state index contributed by atoms with van der Waals surface area (Å²) in [5.41, 5.74) is -0.695. The fraction of sp³-hybridized carbons (Fsp3) is 0.480. The van der Waals surface area contributed by atoms with Crippen LogP contribution in [0.3, 0.4) is 0 Å². The van der Waals surface area contributed by atoms with Crippen LogP contribution in [0.2, 0.25) is 0 Å². The highest BCUT2D eigenvalue weighted by Crippen LogP contribution is 2.45. The number of carbonyl (C=O) groups is 1. The molecular formula is C25H33NO5. The van der Waals surface area contributed by atoms with E-state index in [1.54, 1.807) is 21.1 Å². The van der Waals surface area contributed by atoms with E-state index in [-0.39, 0.29) is 5.41 Å².